The number of ketones is 1. The van der Waals surface area contributed by atoms with Crippen molar-refractivity contribution in [3.8, 4) is 0 Å². The minimum atomic E-state index is -1.35. The minimum absolute atomic E-state index is 0. The molecule has 24 heavy (non-hydrogen) atoms. The van der Waals surface area contributed by atoms with Gasteiger partial charge >= 0.3 is 29.6 Å². The second kappa shape index (κ2) is 8.75. The number of carbonyl (C=O) groups is 2. The Hall–Kier alpha value is -1.99. The second-order valence-corrected chi connectivity index (χ2v) is 4.90. The summed E-state index contributed by atoms with van der Waals surface area (Å²) < 4.78 is 0. The van der Waals surface area contributed by atoms with Gasteiger partial charge in [-0.1, -0.05) is 41.9 Å². The van der Waals surface area contributed by atoms with Crippen LogP contribution in [-0.4, -0.2) is 16.7 Å². The number of carboxylic acid groups (broad SMARTS) is 1. The summed E-state index contributed by atoms with van der Waals surface area (Å²) in [6.07, 6.45) is 2.50. The molecule has 0 aliphatic carbocycles. The first kappa shape index (κ1) is 20.1. The van der Waals surface area contributed by atoms with E-state index in [1.165, 1.54) is 36.4 Å². The molecule has 0 saturated carbocycles. The predicted molar refractivity (Wildman–Crippen MR) is 82.2 cm³/mol. The van der Waals surface area contributed by atoms with Gasteiger partial charge in [0.1, 0.15) is 5.02 Å². The van der Waals surface area contributed by atoms with E-state index >= 15 is 0 Å². The van der Waals surface area contributed by atoms with Crippen molar-refractivity contribution in [1.29, 1.82) is 0 Å². The molecule has 8 heteroatoms. The fourth-order valence-corrected chi connectivity index (χ4v) is 2.15. The molecule has 0 aliphatic heterocycles. The molecule has 0 aliphatic rings. The topological polar surface area (TPSA) is 100 Å². The van der Waals surface area contributed by atoms with Crippen molar-refractivity contribution in [2.45, 2.75) is 0 Å². The zero-order valence-corrected chi connectivity index (χ0v) is 15.3. The molecule has 6 nitrogen and oxygen atoms in total. The van der Waals surface area contributed by atoms with Gasteiger partial charge < -0.3 is 9.90 Å². The van der Waals surface area contributed by atoms with Gasteiger partial charge in [0.15, 0.2) is 5.78 Å². The Labute approximate surface area is 164 Å². The summed E-state index contributed by atoms with van der Waals surface area (Å²) in [4.78, 5) is 33.1. The summed E-state index contributed by atoms with van der Waals surface area (Å²) in [6, 6.07) is 9.66. The Bertz CT molecular complexity index is 835. The number of carboxylic acids is 1. The molecule has 2 rings (SSSR count). The average Bonchev–Trinajstić information content (AvgIpc) is 2.52. The van der Waals surface area contributed by atoms with E-state index in [9.17, 15) is 24.8 Å². The first-order valence-corrected chi connectivity index (χ1v) is 6.74. The van der Waals surface area contributed by atoms with E-state index in [0.717, 1.165) is 6.07 Å². The van der Waals surface area contributed by atoms with Crippen molar-refractivity contribution in [2.75, 3.05) is 0 Å². The Morgan fingerprint density at radius 1 is 1.12 bits per heavy atom. The monoisotopic (exact) mass is 353 g/mol. The Balaban J connectivity index is 0.00000288. The standard InChI is InChI=1S/C16H10ClNO5.Na/c17-13-9-11(5-7-14(13)18(22)23)15(19)8-6-10-3-1-2-4-12(10)16(20)21;/h1-9H,(H,20,21);/q;+1/p-1. The van der Waals surface area contributed by atoms with E-state index in [1.54, 1.807) is 12.1 Å². The number of aromatic carboxylic acids is 1. The normalized spacial score (nSPS) is 10.2. The van der Waals surface area contributed by atoms with E-state index < -0.39 is 16.7 Å². The molecule has 0 bridgehead atoms. The molecule has 0 heterocycles. The number of nitro groups is 1. The Morgan fingerprint density at radius 2 is 1.79 bits per heavy atom. The van der Waals surface area contributed by atoms with Gasteiger partial charge in [-0.15, -0.1) is 0 Å². The quantitative estimate of drug-likeness (QED) is 0.237. The summed E-state index contributed by atoms with van der Waals surface area (Å²) in [5, 5.41) is 21.5. The third-order valence-corrected chi connectivity index (χ3v) is 3.33. The summed E-state index contributed by atoms with van der Waals surface area (Å²) in [5.41, 5.74) is 0.129. The number of hydrogen-bond donors (Lipinski definition) is 0. The number of allylic oxidation sites excluding steroid dienone is 1. The van der Waals surface area contributed by atoms with Crippen LogP contribution in [0.25, 0.3) is 6.08 Å². The molecular weight excluding hydrogens is 345 g/mol. The molecule has 2 aromatic rings. The molecule has 0 aromatic heterocycles. The van der Waals surface area contributed by atoms with Crippen LogP contribution in [0.2, 0.25) is 5.02 Å². The Morgan fingerprint density at radius 3 is 2.38 bits per heavy atom. The molecule has 0 fully saturated rings. The molecule has 0 unspecified atom stereocenters. The number of nitro benzene ring substituents is 1. The smallest absolute Gasteiger partial charge is 0.545 e. The van der Waals surface area contributed by atoms with Gasteiger partial charge in [0.05, 0.1) is 10.9 Å². The number of hydrogen-bond acceptors (Lipinski definition) is 5. The van der Waals surface area contributed by atoms with Crippen LogP contribution in [0.4, 0.5) is 5.69 Å². The molecule has 0 radical (unpaired) electrons. The molecule has 0 N–H and O–H groups in total. The van der Waals surface area contributed by atoms with E-state index in [4.69, 9.17) is 11.6 Å². The fourth-order valence-electron chi connectivity index (χ4n) is 1.90. The number of benzene rings is 2. The van der Waals surface area contributed by atoms with E-state index in [0.29, 0.717) is 5.56 Å². The molecule has 116 valence electrons. The third-order valence-electron chi connectivity index (χ3n) is 3.02. The first-order chi connectivity index (χ1) is 10.9. The number of carbonyl (C=O) groups excluding carboxylic acids is 2. The third kappa shape index (κ3) is 4.75. The maximum atomic E-state index is 12.1. The van der Waals surface area contributed by atoms with E-state index in [1.807, 2.05) is 0 Å². The van der Waals surface area contributed by atoms with Gasteiger partial charge in [0.25, 0.3) is 5.69 Å². The largest absolute Gasteiger partial charge is 1.00 e. The SMILES string of the molecule is O=C(C=Cc1ccccc1C(=O)[O-])c1ccc([N+](=O)[O-])c(Cl)c1.[Na+]. The molecular formula is C16H9ClNNaO5. The van der Waals surface area contributed by atoms with Crippen molar-refractivity contribution < 1.29 is 49.2 Å². The van der Waals surface area contributed by atoms with Crippen LogP contribution in [0.3, 0.4) is 0 Å². The fraction of sp³-hybridized carbons (Fsp3) is 0. The van der Waals surface area contributed by atoms with Crippen LogP contribution in [0, 0.1) is 10.1 Å². The zero-order chi connectivity index (χ0) is 17.0. The van der Waals surface area contributed by atoms with Gasteiger partial charge in [-0.3, -0.25) is 14.9 Å². The molecule has 0 atom stereocenters. The van der Waals surface area contributed by atoms with E-state index in [2.05, 4.69) is 0 Å². The van der Waals surface area contributed by atoms with Gasteiger partial charge in [-0.05, 0) is 23.8 Å². The Kier molecular flexibility index (Phi) is 7.31. The van der Waals surface area contributed by atoms with Gasteiger partial charge in [-0.25, -0.2) is 0 Å². The second-order valence-electron chi connectivity index (χ2n) is 4.50. The van der Waals surface area contributed by atoms with Crippen molar-refractivity contribution >= 4 is 35.1 Å². The molecule has 0 saturated heterocycles. The van der Waals surface area contributed by atoms with Crippen LogP contribution in [0.5, 0.6) is 0 Å². The average molecular weight is 354 g/mol. The first-order valence-electron chi connectivity index (χ1n) is 6.37. The zero-order valence-electron chi connectivity index (χ0n) is 12.6. The summed E-state index contributed by atoms with van der Waals surface area (Å²) in [7, 11) is 0. The molecule has 2 aromatic carbocycles. The maximum Gasteiger partial charge on any atom is 1.00 e. The van der Waals surface area contributed by atoms with Crippen molar-refractivity contribution in [3.05, 3.63) is 80.4 Å². The van der Waals surface area contributed by atoms with Crippen molar-refractivity contribution in [2.24, 2.45) is 0 Å². The maximum absolute atomic E-state index is 12.1. The number of halogens is 1. The van der Waals surface area contributed by atoms with Crippen LogP contribution in [0.1, 0.15) is 26.3 Å². The van der Waals surface area contributed by atoms with Crippen LogP contribution in [-0.2, 0) is 0 Å². The summed E-state index contributed by atoms with van der Waals surface area (Å²) in [6.45, 7) is 0. The summed E-state index contributed by atoms with van der Waals surface area (Å²) in [5.74, 6) is -1.81. The minimum Gasteiger partial charge on any atom is -0.545 e. The van der Waals surface area contributed by atoms with Crippen molar-refractivity contribution in [3.63, 3.8) is 0 Å². The van der Waals surface area contributed by atoms with Gasteiger partial charge in [-0.2, -0.15) is 0 Å². The van der Waals surface area contributed by atoms with Crippen LogP contribution in [0.15, 0.2) is 48.5 Å². The predicted octanol–water partition coefficient (Wildman–Crippen LogP) is -0.488. The summed E-state index contributed by atoms with van der Waals surface area (Å²) >= 11 is 5.75. The number of rotatable bonds is 5. The van der Waals surface area contributed by atoms with E-state index in [-0.39, 0.29) is 51.4 Å². The molecule has 0 amide bonds. The van der Waals surface area contributed by atoms with Gasteiger partial charge in [0, 0.05) is 17.2 Å². The number of nitrogens with zero attached hydrogens (tertiary/aromatic N) is 1. The van der Waals surface area contributed by atoms with Crippen molar-refractivity contribution in [1.82, 2.24) is 0 Å². The van der Waals surface area contributed by atoms with Gasteiger partial charge in [0.2, 0.25) is 0 Å². The van der Waals surface area contributed by atoms with Crippen LogP contribution >= 0.6 is 11.6 Å². The molecule has 0 spiro atoms. The van der Waals surface area contributed by atoms with Crippen LogP contribution < -0.4 is 34.7 Å².